The molecule has 0 aliphatic heterocycles. The third kappa shape index (κ3) is 8.47. The van der Waals surface area contributed by atoms with E-state index in [0.717, 1.165) is 10.4 Å². The Labute approximate surface area is 220 Å². The van der Waals surface area contributed by atoms with Crippen LogP contribution >= 0.6 is 11.3 Å². The molecule has 3 rings (SSSR count). The monoisotopic (exact) mass is 529 g/mol. The first-order chi connectivity index (χ1) is 17.9. The number of anilines is 1. The largest absolute Gasteiger partial charge is 0.497 e. The smallest absolute Gasteiger partial charge is 0.322 e. The zero-order valence-electron chi connectivity index (χ0n) is 21.2. The van der Waals surface area contributed by atoms with E-state index in [4.69, 9.17) is 14.2 Å². The molecule has 0 atom stereocenters. The van der Waals surface area contributed by atoms with Gasteiger partial charge in [-0.05, 0) is 47.7 Å². The number of hydrogen-bond donors (Lipinski definition) is 1. The van der Waals surface area contributed by atoms with Crippen LogP contribution in [0.25, 0.3) is 0 Å². The molecule has 0 saturated carbocycles. The van der Waals surface area contributed by atoms with Gasteiger partial charge in [0.25, 0.3) is 0 Å². The van der Waals surface area contributed by atoms with Crippen LogP contribution in [-0.2, 0) is 22.6 Å². The van der Waals surface area contributed by atoms with Crippen LogP contribution in [0.1, 0.15) is 16.9 Å². The highest BCUT2D eigenvalue weighted by atomic mass is 32.1. The van der Waals surface area contributed by atoms with Crippen molar-refractivity contribution in [3.05, 3.63) is 76.2 Å². The summed E-state index contributed by atoms with van der Waals surface area (Å²) in [5.74, 6) is 0.459. The van der Waals surface area contributed by atoms with Crippen molar-refractivity contribution in [3.8, 4) is 11.5 Å². The van der Waals surface area contributed by atoms with E-state index in [2.05, 4.69) is 5.32 Å². The van der Waals surface area contributed by atoms with Crippen molar-refractivity contribution >= 4 is 29.0 Å². The highest BCUT2D eigenvalue weighted by molar-refractivity contribution is 7.09. The van der Waals surface area contributed by atoms with E-state index in [9.17, 15) is 14.0 Å². The predicted octanol–water partition coefficient (Wildman–Crippen LogP) is 5.00. The van der Waals surface area contributed by atoms with E-state index >= 15 is 0 Å². The number of urea groups is 1. The van der Waals surface area contributed by atoms with Crippen molar-refractivity contribution in [1.29, 1.82) is 0 Å². The third-order valence-corrected chi connectivity index (χ3v) is 6.47. The number of methoxy groups -OCH3 is 3. The molecule has 0 bridgehead atoms. The Morgan fingerprint density at radius 1 is 0.973 bits per heavy atom. The van der Waals surface area contributed by atoms with E-state index in [1.165, 1.54) is 24.1 Å². The highest BCUT2D eigenvalue weighted by Gasteiger charge is 2.23. The third-order valence-electron chi connectivity index (χ3n) is 5.61. The molecule has 37 heavy (non-hydrogen) atoms. The number of thiophene rings is 1. The molecule has 0 saturated heterocycles. The van der Waals surface area contributed by atoms with Gasteiger partial charge >= 0.3 is 6.03 Å². The number of benzene rings is 2. The summed E-state index contributed by atoms with van der Waals surface area (Å²) in [4.78, 5) is 30.9. The topological polar surface area (TPSA) is 80.3 Å². The second kappa shape index (κ2) is 14.2. The van der Waals surface area contributed by atoms with Gasteiger partial charge in [0.1, 0.15) is 23.9 Å². The molecule has 3 amide bonds. The molecule has 2 aromatic carbocycles. The van der Waals surface area contributed by atoms with Crippen molar-refractivity contribution in [2.24, 2.45) is 0 Å². The first-order valence-electron chi connectivity index (χ1n) is 11.7. The van der Waals surface area contributed by atoms with Crippen LogP contribution in [0.15, 0.2) is 60.0 Å². The van der Waals surface area contributed by atoms with E-state index < -0.39 is 6.03 Å². The van der Waals surface area contributed by atoms with Crippen molar-refractivity contribution in [1.82, 2.24) is 9.80 Å². The van der Waals surface area contributed by atoms with Gasteiger partial charge in [-0.1, -0.05) is 18.2 Å². The zero-order valence-corrected chi connectivity index (χ0v) is 22.1. The van der Waals surface area contributed by atoms with Crippen LogP contribution < -0.4 is 14.8 Å². The van der Waals surface area contributed by atoms with E-state index in [-0.39, 0.29) is 24.8 Å². The summed E-state index contributed by atoms with van der Waals surface area (Å²) in [6, 6.07) is 14.6. The standard InChI is InChI=1S/C27H32FN3O5S/c1-34-14-5-13-30(27(33)29-24-12-11-22(35-2)16-25(24)36-3)19-26(32)31(18-23-6-4-15-37-23)17-20-7-9-21(28)10-8-20/h4,6-12,15-16H,5,13-14,17-19H2,1-3H3,(H,29,33). The van der Waals surface area contributed by atoms with Crippen LogP contribution in [0.3, 0.4) is 0 Å². The Bertz CT molecular complexity index is 1140. The number of nitrogens with zero attached hydrogens (tertiary/aromatic N) is 2. The molecule has 1 aromatic heterocycles. The van der Waals surface area contributed by atoms with Crippen LogP contribution in [0, 0.1) is 5.82 Å². The molecule has 3 aromatic rings. The number of nitrogens with one attached hydrogen (secondary N) is 1. The lowest BCUT2D eigenvalue weighted by Gasteiger charge is -2.28. The number of carbonyl (C=O) groups is 2. The Morgan fingerprint density at radius 3 is 2.41 bits per heavy atom. The normalized spacial score (nSPS) is 10.6. The number of hydrogen-bond acceptors (Lipinski definition) is 6. The minimum atomic E-state index is -0.439. The molecule has 198 valence electrons. The molecule has 0 aliphatic carbocycles. The molecule has 0 fully saturated rings. The summed E-state index contributed by atoms with van der Waals surface area (Å²) in [5.41, 5.74) is 1.25. The first kappa shape index (κ1) is 27.9. The molecule has 0 aliphatic rings. The molecule has 1 heterocycles. The zero-order chi connectivity index (χ0) is 26.6. The molecule has 0 radical (unpaired) electrons. The summed E-state index contributed by atoms with van der Waals surface area (Å²) in [5, 5.41) is 4.79. The Balaban J connectivity index is 1.78. The molecule has 8 nitrogen and oxygen atoms in total. The predicted molar refractivity (Wildman–Crippen MR) is 142 cm³/mol. The fourth-order valence-electron chi connectivity index (χ4n) is 3.64. The number of ether oxygens (including phenoxy) is 3. The van der Waals surface area contributed by atoms with Crippen LogP contribution in [0.5, 0.6) is 11.5 Å². The number of carbonyl (C=O) groups excluding carboxylic acids is 2. The van der Waals surface area contributed by atoms with Crippen LogP contribution in [0.4, 0.5) is 14.9 Å². The average Bonchev–Trinajstić information content (AvgIpc) is 3.42. The fourth-order valence-corrected chi connectivity index (χ4v) is 4.36. The minimum absolute atomic E-state index is 0.138. The van der Waals surface area contributed by atoms with Gasteiger partial charge in [0.15, 0.2) is 0 Å². The lowest BCUT2D eigenvalue weighted by atomic mass is 10.2. The first-order valence-corrected chi connectivity index (χ1v) is 12.6. The number of rotatable bonds is 13. The molecule has 0 unspecified atom stereocenters. The van der Waals surface area contributed by atoms with Crippen LogP contribution in [0.2, 0.25) is 0 Å². The maximum atomic E-state index is 13.5. The molecular formula is C27H32FN3O5S. The minimum Gasteiger partial charge on any atom is -0.497 e. The second-order valence-corrected chi connectivity index (χ2v) is 9.25. The lowest BCUT2D eigenvalue weighted by molar-refractivity contribution is -0.133. The average molecular weight is 530 g/mol. The fraction of sp³-hybridized carbons (Fsp3) is 0.333. The maximum Gasteiger partial charge on any atom is 0.322 e. The molecular weight excluding hydrogens is 497 g/mol. The van der Waals surface area contributed by atoms with Crippen LogP contribution in [-0.4, -0.2) is 62.8 Å². The molecule has 0 spiro atoms. The Morgan fingerprint density at radius 2 is 1.76 bits per heavy atom. The Kier molecular flexibility index (Phi) is 10.7. The van der Waals surface area contributed by atoms with Gasteiger partial charge < -0.3 is 29.3 Å². The Hall–Kier alpha value is -3.63. The molecule has 1 N–H and O–H groups in total. The molecule has 10 heteroatoms. The van der Waals surface area contributed by atoms with Crippen molar-refractivity contribution in [3.63, 3.8) is 0 Å². The summed E-state index contributed by atoms with van der Waals surface area (Å²) in [6.07, 6.45) is 0.555. The van der Waals surface area contributed by atoms with Gasteiger partial charge in [-0.15, -0.1) is 11.3 Å². The highest BCUT2D eigenvalue weighted by Crippen LogP contribution is 2.29. The van der Waals surface area contributed by atoms with Gasteiger partial charge in [-0.3, -0.25) is 4.79 Å². The van der Waals surface area contributed by atoms with Gasteiger partial charge in [0.2, 0.25) is 5.91 Å². The lowest BCUT2D eigenvalue weighted by Crippen LogP contribution is -2.44. The van der Waals surface area contributed by atoms with Gasteiger partial charge in [-0.25, -0.2) is 9.18 Å². The SMILES string of the molecule is COCCCN(CC(=O)N(Cc1ccc(F)cc1)Cc1cccs1)C(=O)Nc1ccc(OC)cc1OC. The van der Waals surface area contributed by atoms with E-state index in [0.29, 0.717) is 43.3 Å². The van der Waals surface area contributed by atoms with Crippen molar-refractivity contribution in [2.45, 2.75) is 19.5 Å². The second-order valence-electron chi connectivity index (χ2n) is 8.22. The van der Waals surface area contributed by atoms with E-state index in [1.807, 2.05) is 17.5 Å². The van der Waals surface area contributed by atoms with Gasteiger partial charge in [-0.2, -0.15) is 0 Å². The summed E-state index contributed by atoms with van der Waals surface area (Å²) in [6.45, 7) is 1.29. The summed E-state index contributed by atoms with van der Waals surface area (Å²) in [7, 11) is 4.63. The number of halogens is 1. The van der Waals surface area contributed by atoms with Gasteiger partial charge in [0, 0.05) is 37.7 Å². The van der Waals surface area contributed by atoms with E-state index in [1.54, 1.807) is 60.8 Å². The maximum absolute atomic E-state index is 13.5. The quantitative estimate of drug-likeness (QED) is 0.315. The number of amides is 3. The summed E-state index contributed by atoms with van der Waals surface area (Å²) >= 11 is 1.55. The van der Waals surface area contributed by atoms with Crippen molar-refractivity contribution in [2.75, 3.05) is 46.3 Å². The van der Waals surface area contributed by atoms with Gasteiger partial charge in [0.05, 0.1) is 26.5 Å². The van der Waals surface area contributed by atoms with Crippen molar-refractivity contribution < 1.29 is 28.2 Å². The summed E-state index contributed by atoms with van der Waals surface area (Å²) < 4.78 is 29.2.